The molecule has 2 heterocycles. The highest BCUT2D eigenvalue weighted by atomic mass is 35.5. The molecule has 1 aromatic heterocycles. The van der Waals surface area contributed by atoms with Crippen molar-refractivity contribution in [3.8, 4) is 5.75 Å². The maximum absolute atomic E-state index is 14.5. The number of alkyl halides is 3. The average Bonchev–Trinajstić information content (AvgIpc) is 3.11. The van der Waals surface area contributed by atoms with Crippen LogP contribution in [0.4, 0.5) is 19.0 Å². The number of imide groups is 1. The van der Waals surface area contributed by atoms with E-state index in [-0.39, 0.29) is 18.0 Å². The van der Waals surface area contributed by atoms with Crippen LogP contribution in [0, 0.1) is 5.92 Å². The predicted octanol–water partition coefficient (Wildman–Crippen LogP) is 6.66. The van der Waals surface area contributed by atoms with E-state index in [4.69, 9.17) is 23.2 Å². The maximum atomic E-state index is 14.5. The molecule has 6 nitrogen and oxygen atoms in total. The topological polar surface area (TPSA) is 82.5 Å². The summed E-state index contributed by atoms with van der Waals surface area (Å²) in [5, 5.41) is 11.0. The SMILES string of the molecule is C=CC1=CCC2C(=O)N(Nc3ncc(C(F)(F)F)cc3Cl)C(=O)C2(c2ccc(Cl)cc2)C1c1cccc(O)c1. The molecule has 1 aliphatic heterocycles. The van der Waals surface area contributed by atoms with Gasteiger partial charge in [-0.3, -0.25) is 15.0 Å². The van der Waals surface area contributed by atoms with Gasteiger partial charge >= 0.3 is 6.18 Å². The molecular weight excluding hydrogens is 554 g/mol. The lowest BCUT2D eigenvalue weighted by atomic mass is 9.56. The number of carbonyl (C=O) groups is 2. The van der Waals surface area contributed by atoms with Crippen LogP contribution < -0.4 is 5.43 Å². The van der Waals surface area contributed by atoms with Gasteiger partial charge in [0, 0.05) is 17.1 Å². The molecule has 2 amide bonds. The Bertz CT molecular complexity index is 1520. The van der Waals surface area contributed by atoms with E-state index >= 15 is 0 Å². The van der Waals surface area contributed by atoms with Crippen molar-refractivity contribution < 1.29 is 27.9 Å². The Labute approximate surface area is 231 Å². The van der Waals surface area contributed by atoms with Gasteiger partial charge in [0.1, 0.15) is 5.75 Å². The fraction of sp³-hybridized carbons (Fsp3) is 0.179. The first-order valence-corrected chi connectivity index (χ1v) is 12.5. The van der Waals surface area contributed by atoms with E-state index in [2.05, 4.69) is 17.0 Å². The number of hydrogen-bond donors (Lipinski definition) is 2. The van der Waals surface area contributed by atoms with E-state index in [1.807, 2.05) is 6.08 Å². The van der Waals surface area contributed by atoms with Crippen molar-refractivity contribution in [1.29, 1.82) is 0 Å². The quantitative estimate of drug-likeness (QED) is 0.333. The van der Waals surface area contributed by atoms with Gasteiger partial charge in [-0.2, -0.15) is 18.2 Å². The van der Waals surface area contributed by atoms with Crippen LogP contribution in [0.25, 0.3) is 0 Å². The Morgan fingerprint density at radius 1 is 1.13 bits per heavy atom. The molecule has 1 saturated heterocycles. The number of carbonyl (C=O) groups excluding carboxylic acids is 2. The van der Waals surface area contributed by atoms with Crippen molar-refractivity contribution in [2.24, 2.45) is 5.92 Å². The van der Waals surface area contributed by atoms with E-state index in [0.717, 1.165) is 5.01 Å². The fourth-order valence-electron chi connectivity index (χ4n) is 5.50. The zero-order valence-corrected chi connectivity index (χ0v) is 21.6. The molecule has 3 atom stereocenters. The number of nitrogens with one attached hydrogen (secondary N) is 1. The van der Waals surface area contributed by atoms with Crippen LogP contribution in [-0.4, -0.2) is 26.9 Å². The molecule has 11 heteroatoms. The molecule has 1 aliphatic carbocycles. The van der Waals surface area contributed by atoms with Crippen molar-refractivity contribution in [1.82, 2.24) is 9.99 Å². The number of hydrogen-bond acceptors (Lipinski definition) is 5. The first kappa shape index (κ1) is 26.8. The van der Waals surface area contributed by atoms with Crippen molar-refractivity contribution in [2.45, 2.75) is 23.9 Å². The summed E-state index contributed by atoms with van der Waals surface area (Å²) >= 11 is 12.2. The second-order valence-electron chi connectivity index (χ2n) is 9.24. The Balaban J connectivity index is 1.68. The van der Waals surface area contributed by atoms with E-state index in [9.17, 15) is 27.9 Å². The molecule has 0 spiro atoms. The van der Waals surface area contributed by atoms with Gasteiger partial charge in [-0.05, 0) is 53.5 Å². The minimum absolute atomic E-state index is 0.0308. The van der Waals surface area contributed by atoms with Gasteiger partial charge in [0.2, 0.25) is 0 Å². The molecule has 0 bridgehead atoms. The first-order valence-electron chi connectivity index (χ1n) is 11.7. The number of amides is 2. The van der Waals surface area contributed by atoms with Crippen LogP contribution in [0.1, 0.15) is 29.0 Å². The van der Waals surface area contributed by atoms with E-state index in [1.54, 1.807) is 42.5 Å². The van der Waals surface area contributed by atoms with Crippen molar-refractivity contribution in [2.75, 3.05) is 5.43 Å². The highest BCUT2D eigenvalue weighted by Crippen LogP contribution is 2.58. The number of aromatic hydroxyl groups is 1. The Kier molecular flexibility index (Phi) is 6.68. The number of phenols is 1. The summed E-state index contributed by atoms with van der Waals surface area (Å²) in [5.74, 6) is -3.27. The third-order valence-corrected chi connectivity index (χ3v) is 7.69. The van der Waals surface area contributed by atoms with Gasteiger partial charge in [-0.15, -0.1) is 0 Å². The smallest absolute Gasteiger partial charge is 0.417 e. The standard InChI is InChI=1S/C28H20Cl2F3N3O3/c1-2-15-6-11-21-25(38)36(35-24-22(30)13-18(14-34-24)28(31,32)33)26(39)27(21,17-7-9-19(29)10-8-17)23(15)16-4-3-5-20(37)12-16/h2-10,12-14,21,23,37H,1,11H2,(H,34,35). The molecule has 39 heavy (non-hydrogen) atoms. The van der Waals surface area contributed by atoms with Gasteiger partial charge < -0.3 is 5.11 Å². The van der Waals surface area contributed by atoms with Crippen molar-refractivity contribution >= 4 is 40.8 Å². The number of halogens is 5. The van der Waals surface area contributed by atoms with Gasteiger partial charge in [-0.25, -0.2) is 4.98 Å². The number of rotatable bonds is 5. The number of aromatic nitrogens is 1. The number of phenolic OH excluding ortho intramolecular Hbond substituents is 1. The normalized spacial score (nSPS) is 22.9. The van der Waals surface area contributed by atoms with Crippen molar-refractivity contribution in [3.63, 3.8) is 0 Å². The molecule has 3 aromatic rings. The van der Waals surface area contributed by atoms with Crippen LogP contribution in [0.5, 0.6) is 5.75 Å². The molecule has 3 unspecified atom stereocenters. The number of allylic oxidation sites excluding steroid dienone is 3. The Morgan fingerprint density at radius 3 is 2.46 bits per heavy atom. The van der Waals surface area contributed by atoms with E-state index in [0.29, 0.717) is 34.0 Å². The number of fused-ring (bicyclic) bond motifs is 1. The first-order chi connectivity index (χ1) is 18.5. The third-order valence-electron chi connectivity index (χ3n) is 7.15. The minimum atomic E-state index is -4.68. The maximum Gasteiger partial charge on any atom is 0.417 e. The van der Waals surface area contributed by atoms with Crippen molar-refractivity contribution in [3.05, 3.63) is 112 Å². The molecule has 2 aliphatic rings. The largest absolute Gasteiger partial charge is 0.508 e. The summed E-state index contributed by atoms with van der Waals surface area (Å²) in [4.78, 5) is 32.0. The molecular formula is C28H20Cl2F3N3O3. The second-order valence-corrected chi connectivity index (χ2v) is 10.1. The molecule has 200 valence electrons. The van der Waals surface area contributed by atoms with Crippen LogP contribution in [-0.2, 0) is 21.2 Å². The highest BCUT2D eigenvalue weighted by molar-refractivity contribution is 6.33. The number of anilines is 1. The highest BCUT2D eigenvalue weighted by Gasteiger charge is 2.66. The van der Waals surface area contributed by atoms with Gasteiger partial charge in [-0.1, -0.05) is 66.2 Å². The zero-order chi connectivity index (χ0) is 28.1. The lowest BCUT2D eigenvalue weighted by molar-refractivity contribution is -0.139. The molecule has 2 N–H and O–H groups in total. The summed E-state index contributed by atoms with van der Waals surface area (Å²) in [6.07, 6.45) is -0.517. The Morgan fingerprint density at radius 2 is 1.85 bits per heavy atom. The Hall–Kier alpha value is -3.82. The molecule has 0 radical (unpaired) electrons. The fourth-order valence-corrected chi connectivity index (χ4v) is 5.83. The summed E-state index contributed by atoms with van der Waals surface area (Å²) in [6.45, 7) is 3.91. The monoisotopic (exact) mass is 573 g/mol. The molecule has 2 aromatic carbocycles. The molecule has 5 rings (SSSR count). The van der Waals surface area contributed by atoms with E-state index < -0.39 is 45.8 Å². The molecule has 0 saturated carbocycles. The lowest BCUT2D eigenvalue weighted by Crippen LogP contribution is -2.48. The summed E-state index contributed by atoms with van der Waals surface area (Å²) in [5.41, 5.74) is 1.70. The lowest BCUT2D eigenvalue weighted by Gasteiger charge is -2.43. The van der Waals surface area contributed by atoms with Gasteiger partial charge in [0.15, 0.2) is 5.82 Å². The summed E-state index contributed by atoms with van der Waals surface area (Å²) in [7, 11) is 0. The predicted molar refractivity (Wildman–Crippen MR) is 140 cm³/mol. The van der Waals surface area contributed by atoms with Gasteiger partial charge in [0.05, 0.1) is 21.9 Å². The molecule has 1 fully saturated rings. The summed E-state index contributed by atoms with van der Waals surface area (Å²) in [6, 6.07) is 13.6. The number of hydrazine groups is 1. The van der Waals surface area contributed by atoms with Gasteiger partial charge in [0.25, 0.3) is 11.8 Å². The number of pyridine rings is 1. The third kappa shape index (κ3) is 4.35. The number of nitrogens with zero attached hydrogens (tertiary/aromatic N) is 2. The second kappa shape index (κ2) is 9.73. The van der Waals surface area contributed by atoms with Crippen LogP contribution in [0.2, 0.25) is 10.0 Å². The van der Waals surface area contributed by atoms with E-state index in [1.165, 1.54) is 12.1 Å². The summed E-state index contributed by atoms with van der Waals surface area (Å²) < 4.78 is 39.4. The van der Waals surface area contributed by atoms with Crippen LogP contribution >= 0.6 is 23.2 Å². The number of benzene rings is 2. The minimum Gasteiger partial charge on any atom is -0.508 e. The van der Waals surface area contributed by atoms with Crippen LogP contribution in [0.3, 0.4) is 0 Å². The van der Waals surface area contributed by atoms with Crippen LogP contribution in [0.15, 0.2) is 85.1 Å². The zero-order valence-electron chi connectivity index (χ0n) is 20.0. The average molecular weight is 574 g/mol.